The van der Waals surface area contributed by atoms with Crippen LogP contribution in [0.25, 0.3) is 11.4 Å². The summed E-state index contributed by atoms with van der Waals surface area (Å²) in [5, 5.41) is 11.5. The third-order valence-electron chi connectivity index (χ3n) is 5.21. The normalized spacial score (nSPS) is 19.1. The van der Waals surface area contributed by atoms with Crippen LogP contribution < -0.4 is 4.90 Å². The van der Waals surface area contributed by atoms with Crippen LogP contribution in [0.3, 0.4) is 0 Å². The molecule has 128 valence electrons. The van der Waals surface area contributed by atoms with Gasteiger partial charge in [-0.3, -0.25) is 5.10 Å². The Morgan fingerprint density at radius 1 is 1.12 bits per heavy atom. The molecule has 1 N–H and O–H groups in total. The Hall–Kier alpha value is -2.67. The van der Waals surface area contributed by atoms with Crippen LogP contribution in [-0.4, -0.2) is 40.0 Å². The Balaban J connectivity index is 1.34. The third-order valence-corrected chi connectivity index (χ3v) is 5.21. The standard InChI is InChI=1S/C18H19N5O2/c1-2-4-13(5-3-1)16-20-17(25-22-16)23-9-7-18(8-10-23)15-14(6-11-24-18)12-19-21-15/h1-5,12H,6-11H2,(H,19,21). The number of H-pyrrole nitrogens is 1. The number of nitrogens with one attached hydrogen (secondary N) is 1. The molecule has 0 unspecified atom stereocenters. The summed E-state index contributed by atoms with van der Waals surface area (Å²) in [4.78, 5) is 6.70. The van der Waals surface area contributed by atoms with E-state index in [9.17, 15) is 0 Å². The van der Waals surface area contributed by atoms with Gasteiger partial charge in [-0.1, -0.05) is 35.5 Å². The van der Waals surface area contributed by atoms with Gasteiger partial charge in [-0.2, -0.15) is 10.1 Å². The largest absolute Gasteiger partial charge is 0.368 e. The highest BCUT2D eigenvalue weighted by Gasteiger charge is 2.43. The summed E-state index contributed by atoms with van der Waals surface area (Å²) in [6.45, 7) is 2.38. The van der Waals surface area contributed by atoms with E-state index in [0.717, 1.165) is 50.2 Å². The van der Waals surface area contributed by atoms with Crippen LogP contribution in [0, 0.1) is 0 Å². The van der Waals surface area contributed by atoms with Crippen molar-refractivity contribution in [1.29, 1.82) is 0 Å². The van der Waals surface area contributed by atoms with Gasteiger partial charge in [0.15, 0.2) is 0 Å². The number of anilines is 1. The summed E-state index contributed by atoms with van der Waals surface area (Å²) >= 11 is 0. The molecule has 2 aromatic heterocycles. The minimum Gasteiger partial charge on any atom is -0.368 e. The van der Waals surface area contributed by atoms with Crippen LogP contribution in [0.1, 0.15) is 24.1 Å². The average Bonchev–Trinajstić information content (AvgIpc) is 3.34. The number of hydrogen-bond acceptors (Lipinski definition) is 6. The van der Waals surface area contributed by atoms with Gasteiger partial charge < -0.3 is 14.2 Å². The Morgan fingerprint density at radius 2 is 1.96 bits per heavy atom. The Morgan fingerprint density at radius 3 is 2.80 bits per heavy atom. The van der Waals surface area contributed by atoms with Crippen molar-refractivity contribution in [3.05, 3.63) is 47.8 Å². The minimum atomic E-state index is -0.247. The zero-order valence-corrected chi connectivity index (χ0v) is 13.8. The van der Waals surface area contributed by atoms with E-state index in [1.54, 1.807) is 0 Å². The zero-order valence-electron chi connectivity index (χ0n) is 13.8. The second-order valence-electron chi connectivity index (χ2n) is 6.62. The van der Waals surface area contributed by atoms with Gasteiger partial charge in [0.2, 0.25) is 5.82 Å². The first-order valence-electron chi connectivity index (χ1n) is 8.65. The molecule has 4 heterocycles. The number of benzene rings is 1. The maximum absolute atomic E-state index is 6.19. The van der Waals surface area contributed by atoms with Crippen LogP contribution in [0.5, 0.6) is 0 Å². The molecule has 0 atom stereocenters. The molecule has 1 fully saturated rings. The summed E-state index contributed by atoms with van der Waals surface area (Å²) in [6.07, 6.45) is 4.62. The summed E-state index contributed by atoms with van der Waals surface area (Å²) in [5.41, 5.74) is 3.14. The first-order chi connectivity index (χ1) is 12.3. The van der Waals surface area contributed by atoms with Crippen molar-refractivity contribution in [2.24, 2.45) is 0 Å². The lowest BCUT2D eigenvalue weighted by atomic mass is 9.84. The Labute approximate surface area is 145 Å². The van der Waals surface area contributed by atoms with E-state index in [1.165, 1.54) is 5.56 Å². The molecule has 0 aliphatic carbocycles. The second kappa shape index (κ2) is 5.70. The van der Waals surface area contributed by atoms with Crippen molar-refractivity contribution in [1.82, 2.24) is 20.3 Å². The molecule has 1 spiro atoms. The van der Waals surface area contributed by atoms with Gasteiger partial charge >= 0.3 is 6.01 Å². The summed E-state index contributed by atoms with van der Waals surface area (Å²) in [7, 11) is 0. The molecule has 1 aromatic carbocycles. The first kappa shape index (κ1) is 14.7. The molecule has 0 amide bonds. The SMILES string of the molecule is c1ccc(-c2noc(N3CCC4(CC3)OCCc3cn[nH]c34)n2)cc1. The predicted octanol–water partition coefficient (Wildman–Crippen LogP) is 2.53. The summed E-state index contributed by atoms with van der Waals surface area (Å²) in [5.74, 6) is 0.626. The van der Waals surface area contributed by atoms with Gasteiger partial charge in [-0.15, -0.1) is 0 Å². The van der Waals surface area contributed by atoms with Crippen molar-refractivity contribution in [2.45, 2.75) is 24.9 Å². The molecule has 7 heteroatoms. The number of hydrogen-bond donors (Lipinski definition) is 1. The monoisotopic (exact) mass is 337 g/mol. The van der Waals surface area contributed by atoms with E-state index in [4.69, 9.17) is 9.26 Å². The highest BCUT2D eigenvalue weighted by molar-refractivity contribution is 5.55. The number of ether oxygens (including phenoxy) is 1. The number of fused-ring (bicyclic) bond motifs is 2. The molecule has 5 rings (SSSR count). The molecule has 7 nitrogen and oxygen atoms in total. The van der Waals surface area contributed by atoms with E-state index in [-0.39, 0.29) is 5.60 Å². The topological polar surface area (TPSA) is 80.1 Å². The first-order valence-corrected chi connectivity index (χ1v) is 8.65. The van der Waals surface area contributed by atoms with E-state index in [2.05, 4.69) is 25.2 Å². The van der Waals surface area contributed by atoms with Gasteiger partial charge in [0.1, 0.15) is 5.60 Å². The Kier molecular flexibility index (Phi) is 3.34. The lowest BCUT2D eigenvalue weighted by Gasteiger charge is -2.42. The summed E-state index contributed by atoms with van der Waals surface area (Å²) < 4.78 is 11.7. The molecule has 2 aliphatic heterocycles. The average molecular weight is 337 g/mol. The lowest BCUT2D eigenvalue weighted by molar-refractivity contribution is -0.0799. The van der Waals surface area contributed by atoms with Gasteiger partial charge in [0, 0.05) is 18.7 Å². The van der Waals surface area contributed by atoms with Gasteiger partial charge in [0.05, 0.1) is 18.5 Å². The number of nitrogens with zero attached hydrogens (tertiary/aromatic N) is 4. The second-order valence-corrected chi connectivity index (χ2v) is 6.62. The lowest BCUT2D eigenvalue weighted by Crippen LogP contribution is -2.46. The third kappa shape index (κ3) is 2.42. The zero-order chi connectivity index (χ0) is 16.7. The van der Waals surface area contributed by atoms with E-state index < -0.39 is 0 Å². The fraction of sp³-hybridized carbons (Fsp3) is 0.389. The van der Waals surface area contributed by atoms with Crippen molar-refractivity contribution in [3.8, 4) is 11.4 Å². The molecule has 2 aliphatic rings. The van der Waals surface area contributed by atoms with Crippen molar-refractivity contribution in [2.75, 3.05) is 24.6 Å². The Bertz CT molecular complexity index is 864. The molecule has 0 bridgehead atoms. The van der Waals surface area contributed by atoms with E-state index >= 15 is 0 Å². The minimum absolute atomic E-state index is 0.247. The van der Waals surface area contributed by atoms with Gasteiger partial charge in [-0.05, 0) is 24.8 Å². The highest BCUT2D eigenvalue weighted by Crippen LogP contribution is 2.41. The highest BCUT2D eigenvalue weighted by atomic mass is 16.5. The van der Waals surface area contributed by atoms with E-state index in [0.29, 0.717) is 11.8 Å². The van der Waals surface area contributed by atoms with Crippen molar-refractivity contribution >= 4 is 6.01 Å². The quantitative estimate of drug-likeness (QED) is 0.774. The molecule has 0 radical (unpaired) electrons. The van der Waals surface area contributed by atoms with Crippen molar-refractivity contribution < 1.29 is 9.26 Å². The van der Waals surface area contributed by atoms with Crippen LogP contribution in [0.4, 0.5) is 6.01 Å². The van der Waals surface area contributed by atoms with Gasteiger partial charge in [0.25, 0.3) is 0 Å². The van der Waals surface area contributed by atoms with E-state index in [1.807, 2.05) is 36.5 Å². The summed E-state index contributed by atoms with van der Waals surface area (Å²) in [6, 6.07) is 10.5. The maximum atomic E-state index is 6.19. The predicted molar refractivity (Wildman–Crippen MR) is 91.1 cm³/mol. The number of aromatic nitrogens is 4. The van der Waals surface area contributed by atoms with Crippen molar-refractivity contribution in [3.63, 3.8) is 0 Å². The number of rotatable bonds is 2. The van der Waals surface area contributed by atoms with Crippen LogP contribution in [0.15, 0.2) is 41.1 Å². The fourth-order valence-corrected chi connectivity index (χ4v) is 3.83. The smallest absolute Gasteiger partial charge is 0.324 e. The molecular formula is C18H19N5O2. The molecule has 1 saturated heterocycles. The van der Waals surface area contributed by atoms with Crippen LogP contribution >= 0.6 is 0 Å². The molecular weight excluding hydrogens is 318 g/mol. The molecule has 25 heavy (non-hydrogen) atoms. The van der Waals surface area contributed by atoms with Gasteiger partial charge in [-0.25, -0.2) is 0 Å². The molecule has 3 aromatic rings. The molecule has 0 saturated carbocycles. The van der Waals surface area contributed by atoms with Crippen LogP contribution in [-0.2, 0) is 16.8 Å². The fourth-order valence-electron chi connectivity index (χ4n) is 3.83. The maximum Gasteiger partial charge on any atom is 0.324 e. The van der Waals surface area contributed by atoms with Crippen LogP contribution in [0.2, 0.25) is 0 Å². The number of piperidine rings is 1. The number of aromatic amines is 1.